The average Bonchev–Trinajstić information content (AvgIpc) is 2.48. The van der Waals surface area contributed by atoms with Gasteiger partial charge in [-0.2, -0.15) is 0 Å². The quantitative estimate of drug-likeness (QED) is 0.232. The van der Waals surface area contributed by atoms with Crippen molar-refractivity contribution >= 4 is 5.69 Å². The first-order valence-electron chi connectivity index (χ1n) is 8.23. The Bertz CT molecular complexity index is 388. The average molecular weight is 547 g/mol. The second-order valence-electron chi connectivity index (χ2n) is 7.27. The third-order valence-corrected chi connectivity index (χ3v) is 4.78. The number of nitrogens with zero attached hydrogens (tertiary/aromatic N) is 3. The first-order valence-corrected chi connectivity index (χ1v) is 8.23. The molecule has 0 heterocycles. The van der Waals surface area contributed by atoms with Crippen molar-refractivity contribution in [2.45, 2.75) is 13.8 Å². The number of halogens is 2. The summed E-state index contributed by atoms with van der Waals surface area (Å²) in [7, 11) is 9.26. The van der Waals surface area contributed by atoms with Crippen LogP contribution >= 0.6 is 0 Å². The van der Waals surface area contributed by atoms with Crippen LogP contribution in [0.25, 0.3) is 0 Å². The molecule has 1 aromatic carbocycles. The van der Waals surface area contributed by atoms with Gasteiger partial charge in [-0.15, -0.1) is 0 Å². The van der Waals surface area contributed by atoms with Gasteiger partial charge in [0.1, 0.15) is 0 Å². The molecule has 5 heteroatoms. The van der Waals surface area contributed by atoms with E-state index in [-0.39, 0.29) is 48.0 Å². The molecule has 1 rings (SSSR count). The van der Waals surface area contributed by atoms with Gasteiger partial charge in [0, 0.05) is 5.69 Å². The summed E-state index contributed by atoms with van der Waals surface area (Å²) in [5.41, 5.74) is 1.35. The molecule has 0 amide bonds. The first-order chi connectivity index (χ1) is 9.79. The van der Waals surface area contributed by atoms with Crippen molar-refractivity contribution in [3.63, 3.8) is 0 Å². The predicted octanol–water partition coefficient (Wildman–Crippen LogP) is -3.31. The molecule has 0 fully saturated rings. The van der Waals surface area contributed by atoms with E-state index in [1.54, 1.807) is 0 Å². The summed E-state index contributed by atoms with van der Waals surface area (Å²) in [6.45, 7) is 11.5. The van der Waals surface area contributed by atoms with Gasteiger partial charge in [-0.1, -0.05) is 18.2 Å². The van der Waals surface area contributed by atoms with Crippen LogP contribution in [0.5, 0.6) is 0 Å². The van der Waals surface area contributed by atoms with Crippen LogP contribution in [-0.2, 0) is 0 Å². The second-order valence-corrected chi connectivity index (χ2v) is 7.27. The molecule has 0 bridgehead atoms. The molecule has 0 aliphatic heterocycles. The molecule has 0 saturated carbocycles. The Morgan fingerprint density at radius 3 is 1.48 bits per heavy atom. The van der Waals surface area contributed by atoms with E-state index in [2.05, 4.69) is 77.3 Å². The minimum Gasteiger partial charge on any atom is -1.00 e. The fourth-order valence-corrected chi connectivity index (χ4v) is 2.11. The van der Waals surface area contributed by atoms with Crippen LogP contribution in [0.15, 0.2) is 30.3 Å². The summed E-state index contributed by atoms with van der Waals surface area (Å²) in [5, 5.41) is 0. The highest BCUT2D eigenvalue weighted by Gasteiger charge is 2.18. The van der Waals surface area contributed by atoms with Crippen LogP contribution in [0.1, 0.15) is 13.8 Å². The van der Waals surface area contributed by atoms with E-state index in [4.69, 9.17) is 0 Å². The van der Waals surface area contributed by atoms with E-state index in [9.17, 15) is 0 Å². The van der Waals surface area contributed by atoms with Crippen molar-refractivity contribution in [3.05, 3.63) is 30.3 Å². The Balaban J connectivity index is 0. The maximum Gasteiger partial charge on any atom is 0.0960 e. The molecule has 0 unspecified atom stereocenters. The van der Waals surface area contributed by atoms with Crippen LogP contribution < -0.4 is 52.9 Å². The molecule has 3 nitrogen and oxygen atoms in total. The highest BCUT2D eigenvalue weighted by atomic mass is 127. The normalized spacial score (nSPS) is 11.4. The SMILES string of the molecule is CC[N+](C)(C)CCN(CC[N+](C)(C)CC)c1ccccc1.[I-].[I-]. The highest BCUT2D eigenvalue weighted by molar-refractivity contribution is 5.45. The summed E-state index contributed by atoms with van der Waals surface area (Å²) in [6, 6.07) is 10.8. The van der Waals surface area contributed by atoms with Gasteiger partial charge in [-0.3, -0.25) is 0 Å². The lowest BCUT2D eigenvalue weighted by Gasteiger charge is -2.35. The third-order valence-electron chi connectivity index (χ3n) is 4.78. The topological polar surface area (TPSA) is 3.24 Å². The molecule has 136 valence electrons. The lowest BCUT2D eigenvalue weighted by molar-refractivity contribution is -0.888. The van der Waals surface area contributed by atoms with Crippen LogP contribution in [0.2, 0.25) is 0 Å². The van der Waals surface area contributed by atoms with Crippen molar-refractivity contribution < 1.29 is 56.9 Å². The summed E-state index contributed by atoms with van der Waals surface area (Å²) >= 11 is 0. The summed E-state index contributed by atoms with van der Waals surface area (Å²) < 4.78 is 2.16. The number of rotatable bonds is 9. The number of likely N-dealkylation sites (N-methyl/N-ethyl adjacent to an activating group) is 2. The molecule has 0 N–H and O–H groups in total. The Hall–Kier alpha value is 0.400. The number of anilines is 1. The highest BCUT2D eigenvalue weighted by Crippen LogP contribution is 2.14. The Kier molecular flexibility index (Phi) is 13.2. The van der Waals surface area contributed by atoms with Crippen molar-refractivity contribution in [2.24, 2.45) is 0 Å². The maximum absolute atomic E-state index is 2.55. The van der Waals surface area contributed by atoms with E-state index in [1.165, 1.54) is 31.9 Å². The zero-order valence-electron chi connectivity index (χ0n) is 15.7. The van der Waals surface area contributed by atoms with Crippen molar-refractivity contribution in [1.29, 1.82) is 0 Å². The second kappa shape index (κ2) is 11.9. The standard InChI is InChI=1S/C18H35N3.2HI/c1-7-20(3,4)16-14-19(15-17-21(5,6)8-2)18-12-10-9-11-13-18;;/h9-13H,7-8,14-17H2,1-6H3;2*1H/q+2;;/p-2. The van der Waals surface area contributed by atoms with Crippen molar-refractivity contribution in [2.75, 3.05) is 72.4 Å². The lowest BCUT2D eigenvalue weighted by Crippen LogP contribution is -3.00. The van der Waals surface area contributed by atoms with Crippen LogP contribution in [0, 0.1) is 0 Å². The molecule has 0 atom stereocenters. The Labute approximate surface area is 178 Å². The third kappa shape index (κ3) is 10.1. The van der Waals surface area contributed by atoms with Crippen molar-refractivity contribution in [3.8, 4) is 0 Å². The summed E-state index contributed by atoms with van der Waals surface area (Å²) in [6.07, 6.45) is 0. The zero-order chi connectivity index (χ0) is 15.9. The van der Waals surface area contributed by atoms with Crippen LogP contribution in [0.4, 0.5) is 5.69 Å². The largest absolute Gasteiger partial charge is 1.00 e. The number of hydrogen-bond donors (Lipinski definition) is 0. The molecule has 0 aromatic heterocycles. The van der Waals surface area contributed by atoms with E-state index >= 15 is 0 Å². The van der Waals surface area contributed by atoms with Gasteiger partial charge >= 0.3 is 0 Å². The molecule has 1 aromatic rings. The Morgan fingerprint density at radius 1 is 0.739 bits per heavy atom. The van der Waals surface area contributed by atoms with Gasteiger partial charge in [0.25, 0.3) is 0 Å². The van der Waals surface area contributed by atoms with Crippen LogP contribution in [-0.4, -0.2) is 76.4 Å². The minimum absolute atomic E-state index is 0. The molecule has 0 saturated heterocycles. The smallest absolute Gasteiger partial charge is 0.0960 e. The van der Waals surface area contributed by atoms with Gasteiger partial charge in [-0.05, 0) is 26.0 Å². The Morgan fingerprint density at radius 2 is 1.13 bits per heavy atom. The molecule has 0 spiro atoms. The van der Waals surface area contributed by atoms with Gasteiger partial charge in [-0.25, -0.2) is 0 Å². The molecule has 0 aliphatic carbocycles. The van der Waals surface area contributed by atoms with E-state index in [0.717, 1.165) is 22.1 Å². The first kappa shape index (κ1) is 25.6. The fraction of sp³-hybridized carbons (Fsp3) is 0.667. The van der Waals surface area contributed by atoms with Crippen molar-refractivity contribution in [1.82, 2.24) is 0 Å². The summed E-state index contributed by atoms with van der Waals surface area (Å²) in [4.78, 5) is 2.55. The molecular weight excluding hydrogens is 512 g/mol. The molecule has 0 radical (unpaired) electrons. The van der Waals surface area contributed by atoms with E-state index < -0.39 is 0 Å². The number of quaternary nitrogens is 2. The lowest BCUT2D eigenvalue weighted by atomic mass is 10.2. The predicted molar refractivity (Wildman–Crippen MR) is 93.7 cm³/mol. The van der Waals surface area contributed by atoms with E-state index in [1.807, 2.05) is 0 Å². The number of benzene rings is 1. The van der Waals surface area contributed by atoms with Gasteiger partial charge in [0.05, 0.1) is 67.5 Å². The maximum atomic E-state index is 2.55. The molecule has 0 aliphatic rings. The van der Waals surface area contributed by atoms with Gasteiger partial charge in [0.15, 0.2) is 0 Å². The number of hydrogen-bond acceptors (Lipinski definition) is 1. The monoisotopic (exact) mass is 547 g/mol. The van der Waals surface area contributed by atoms with Gasteiger partial charge < -0.3 is 61.8 Å². The fourth-order valence-electron chi connectivity index (χ4n) is 2.11. The zero-order valence-corrected chi connectivity index (χ0v) is 20.0. The number of para-hydroxylation sites is 1. The summed E-state index contributed by atoms with van der Waals surface area (Å²) in [5.74, 6) is 0. The van der Waals surface area contributed by atoms with E-state index in [0.29, 0.717) is 0 Å². The minimum atomic E-state index is 0. The van der Waals surface area contributed by atoms with Crippen LogP contribution in [0.3, 0.4) is 0 Å². The molecule has 23 heavy (non-hydrogen) atoms. The molecular formula is C18H35I2N3. The van der Waals surface area contributed by atoms with Gasteiger partial charge in [0.2, 0.25) is 0 Å².